The van der Waals surface area contributed by atoms with Crippen molar-refractivity contribution in [2.24, 2.45) is 5.73 Å². The second kappa shape index (κ2) is 12.9. The van der Waals surface area contributed by atoms with Crippen LogP contribution in [-0.4, -0.2) is 92.5 Å². The van der Waals surface area contributed by atoms with Crippen LogP contribution >= 0.6 is 0 Å². The van der Waals surface area contributed by atoms with E-state index in [1.54, 1.807) is 18.7 Å². The third-order valence-corrected chi connectivity index (χ3v) is 9.40. The number of alkyl halides is 1. The number of phenolic OH excluding ortho intramolecular Hbond substituents is 1. The van der Waals surface area contributed by atoms with Gasteiger partial charge in [0.2, 0.25) is 11.8 Å². The van der Waals surface area contributed by atoms with E-state index in [1.807, 2.05) is 0 Å². The minimum absolute atomic E-state index is 0.0122. The Morgan fingerprint density at radius 2 is 2.04 bits per heavy atom. The Labute approximate surface area is 278 Å². The highest BCUT2D eigenvalue weighted by Gasteiger charge is 2.49. The quantitative estimate of drug-likeness (QED) is 0.200. The monoisotopic (exact) mass is 678 g/mol. The number of carboxylic acid groups (broad SMARTS) is 1. The van der Waals surface area contributed by atoms with Gasteiger partial charge in [0, 0.05) is 23.9 Å². The van der Waals surface area contributed by atoms with Crippen molar-refractivity contribution in [2.75, 3.05) is 31.2 Å². The van der Waals surface area contributed by atoms with E-state index >= 15 is 4.39 Å². The van der Waals surface area contributed by atoms with E-state index in [1.165, 1.54) is 24.3 Å². The molecule has 1 amide bonds. The largest absolute Gasteiger partial charge is 0.508 e. The number of nitrogens with zero attached hydrogens (tertiary/aromatic N) is 5. The van der Waals surface area contributed by atoms with Gasteiger partial charge in [0.25, 0.3) is 6.47 Å². The van der Waals surface area contributed by atoms with Crippen LogP contribution in [0.2, 0.25) is 0 Å². The molecule has 12 nitrogen and oxygen atoms in total. The van der Waals surface area contributed by atoms with E-state index in [2.05, 4.69) is 25.8 Å². The van der Waals surface area contributed by atoms with Gasteiger partial charge in [-0.25, -0.2) is 18.2 Å². The van der Waals surface area contributed by atoms with Crippen molar-refractivity contribution in [3.05, 3.63) is 41.5 Å². The first-order valence-electron chi connectivity index (χ1n) is 15.6. The summed E-state index contributed by atoms with van der Waals surface area (Å²) in [5.41, 5.74) is 4.51. The average molecular weight is 679 g/mol. The molecule has 7 rings (SSSR count). The zero-order valence-corrected chi connectivity index (χ0v) is 26.6. The lowest BCUT2D eigenvalue weighted by Gasteiger charge is -2.33. The summed E-state index contributed by atoms with van der Waals surface area (Å²) in [5.74, 6) is -0.123. The van der Waals surface area contributed by atoms with E-state index in [-0.39, 0.29) is 76.3 Å². The van der Waals surface area contributed by atoms with Crippen LogP contribution in [0.1, 0.15) is 38.7 Å². The fourth-order valence-electron chi connectivity index (χ4n) is 7.23. The molecule has 49 heavy (non-hydrogen) atoms. The second-order valence-electron chi connectivity index (χ2n) is 12.4. The standard InChI is InChI=1S/C33H31F3N6O4.CH2O2/c1-4-21-23(35)7-6-18-10-20(43)11-22(24(18)21)27-26(36)28-25-30(42(17(3)29(37)44)16(2)14-45-31(25)38-27)40-32(39-28)46-15-33-8-5-9-41(33)13-19(34)12-33;2-1-3/h1,6-7,10-11,16-17,19,43H,5,8-9,12-15H2,2-3H3,(H2,37,44);1H,(H,2,3)/t16-,17?,19+,33-;/m0./s1. The number of carbonyl (C=O) groups is 2. The van der Waals surface area contributed by atoms with E-state index in [9.17, 15) is 18.7 Å². The van der Waals surface area contributed by atoms with Gasteiger partial charge in [0.1, 0.15) is 59.4 Å². The van der Waals surface area contributed by atoms with Crippen LogP contribution in [0.25, 0.3) is 32.9 Å². The number of nitrogens with two attached hydrogens (primary N) is 1. The fraction of sp³-hybridized carbons (Fsp3) is 0.382. The molecule has 2 fully saturated rings. The van der Waals surface area contributed by atoms with Gasteiger partial charge < -0.3 is 30.3 Å². The number of hydrogen-bond acceptors (Lipinski definition) is 10. The first kappa shape index (κ1) is 33.5. The maximum Gasteiger partial charge on any atom is 0.319 e. The summed E-state index contributed by atoms with van der Waals surface area (Å²) >= 11 is 0. The van der Waals surface area contributed by atoms with E-state index < -0.39 is 41.3 Å². The number of benzene rings is 2. The van der Waals surface area contributed by atoms with Crippen LogP contribution in [0, 0.1) is 24.0 Å². The molecule has 1 unspecified atom stereocenters. The molecule has 2 saturated heterocycles. The van der Waals surface area contributed by atoms with Gasteiger partial charge in [0.15, 0.2) is 5.82 Å². The number of carbonyl (C=O) groups excluding carboxylic acids is 1. The lowest BCUT2D eigenvalue weighted by atomic mass is 9.95. The smallest absolute Gasteiger partial charge is 0.319 e. The second-order valence-corrected chi connectivity index (χ2v) is 12.4. The number of aromatic hydroxyl groups is 1. The first-order chi connectivity index (χ1) is 23.4. The maximum absolute atomic E-state index is 16.9. The predicted octanol–water partition coefficient (Wildman–Crippen LogP) is 3.93. The summed E-state index contributed by atoms with van der Waals surface area (Å²) in [7, 11) is 0. The maximum atomic E-state index is 16.9. The van der Waals surface area contributed by atoms with Crippen molar-refractivity contribution >= 4 is 39.9 Å². The Bertz CT molecular complexity index is 2030. The molecule has 0 radical (unpaired) electrons. The summed E-state index contributed by atoms with van der Waals surface area (Å²) in [5, 5.41) is 18.1. The van der Waals surface area contributed by atoms with Crippen molar-refractivity contribution in [2.45, 2.75) is 56.9 Å². The molecule has 2 aromatic heterocycles. The van der Waals surface area contributed by atoms with Crippen molar-refractivity contribution in [3.8, 4) is 41.2 Å². The predicted molar refractivity (Wildman–Crippen MR) is 173 cm³/mol. The fourth-order valence-corrected chi connectivity index (χ4v) is 7.23. The van der Waals surface area contributed by atoms with Crippen LogP contribution in [0.3, 0.4) is 0 Å². The number of pyridine rings is 1. The van der Waals surface area contributed by atoms with Crippen molar-refractivity contribution in [3.63, 3.8) is 0 Å². The number of aromatic nitrogens is 3. The van der Waals surface area contributed by atoms with Gasteiger partial charge in [-0.1, -0.05) is 12.0 Å². The lowest BCUT2D eigenvalue weighted by molar-refractivity contribution is -0.123. The zero-order chi connectivity index (χ0) is 35.2. The summed E-state index contributed by atoms with van der Waals surface area (Å²) in [6.45, 7) is 4.29. The molecule has 2 aromatic carbocycles. The molecule has 256 valence electrons. The number of rotatable bonds is 6. The highest BCUT2D eigenvalue weighted by atomic mass is 19.1. The molecule has 4 atom stereocenters. The molecule has 5 heterocycles. The zero-order valence-electron chi connectivity index (χ0n) is 26.6. The van der Waals surface area contributed by atoms with Crippen molar-refractivity contribution in [1.29, 1.82) is 0 Å². The number of terminal acetylenes is 1. The topological polar surface area (TPSA) is 164 Å². The molecule has 0 saturated carbocycles. The first-order valence-corrected chi connectivity index (χ1v) is 15.6. The van der Waals surface area contributed by atoms with Crippen molar-refractivity contribution in [1.82, 2.24) is 19.9 Å². The third kappa shape index (κ3) is 5.75. The molecule has 4 aromatic rings. The Kier molecular flexibility index (Phi) is 8.84. The van der Waals surface area contributed by atoms with E-state index in [4.69, 9.17) is 31.5 Å². The Morgan fingerprint density at radius 3 is 2.76 bits per heavy atom. The van der Waals surface area contributed by atoms with Gasteiger partial charge in [-0.2, -0.15) is 9.97 Å². The molecule has 4 N–H and O–H groups in total. The number of phenols is 1. The average Bonchev–Trinajstić information content (AvgIpc) is 3.54. The Hall–Kier alpha value is -5.36. The molecule has 3 aliphatic heterocycles. The van der Waals surface area contributed by atoms with Gasteiger partial charge >= 0.3 is 6.01 Å². The minimum Gasteiger partial charge on any atom is -0.508 e. The SMILES string of the molecule is C#Cc1c(F)ccc2cc(O)cc(-c3nc4c5c(nc(OC[C@@]67CCCN6C[C@H](F)C7)nc5c3F)N(C(C)C(N)=O)[C@@H](C)CO4)c12.O=CO. The van der Waals surface area contributed by atoms with E-state index in [0.717, 1.165) is 19.4 Å². The van der Waals surface area contributed by atoms with Gasteiger partial charge in [-0.15, -0.1) is 6.42 Å². The molecular weight excluding hydrogens is 645 g/mol. The van der Waals surface area contributed by atoms with Crippen LogP contribution in [-0.2, 0) is 9.59 Å². The minimum atomic E-state index is -0.987. The normalized spacial score (nSPS) is 22.0. The number of amides is 1. The van der Waals surface area contributed by atoms with E-state index in [0.29, 0.717) is 18.4 Å². The number of ether oxygens (including phenoxy) is 2. The number of fused-ring (bicyclic) bond motifs is 2. The van der Waals surface area contributed by atoms with Crippen LogP contribution in [0.15, 0.2) is 24.3 Å². The molecule has 15 heteroatoms. The highest BCUT2D eigenvalue weighted by molar-refractivity contribution is 6.04. The molecule has 0 bridgehead atoms. The van der Waals surface area contributed by atoms with Gasteiger partial charge in [-0.3, -0.25) is 14.5 Å². The number of halogens is 3. The van der Waals surface area contributed by atoms with Gasteiger partial charge in [0.05, 0.1) is 17.1 Å². The van der Waals surface area contributed by atoms with Crippen LogP contribution in [0.5, 0.6) is 17.6 Å². The summed E-state index contributed by atoms with van der Waals surface area (Å²) in [6, 6.07) is 3.66. The number of anilines is 1. The molecule has 0 spiro atoms. The van der Waals surface area contributed by atoms with Crippen LogP contribution < -0.4 is 20.1 Å². The molecular formula is C34H33F3N6O6. The Balaban J connectivity index is 0.00000134. The van der Waals surface area contributed by atoms with Gasteiger partial charge in [-0.05, 0) is 56.8 Å². The third-order valence-electron chi connectivity index (χ3n) is 9.40. The summed E-state index contributed by atoms with van der Waals surface area (Å²) < 4.78 is 58.5. The van der Waals surface area contributed by atoms with Crippen molar-refractivity contribution < 1.29 is 42.4 Å². The molecule has 3 aliphatic rings. The Morgan fingerprint density at radius 1 is 1.29 bits per heavy atom. The molecule has 0 aliphatic carbocycles. The lowest BCUT2D eigenvalue weighted by Crippen LogP contribution is -2.49. The summed E-state index contributed by atoms with van der Waals surface area (Å²) in [6.07, 6.45) is 6.61. The number of hydrogen-bond donors (Lipinski definition) is 3. The number of primary amides is 1. The van der Waals surface area contributed by atoms with Crippen LogP contribution in [0.4, 0.5) is 19.0 Å². The summed E-state index contributed by atoms with van der Waals surface area (Å²) in [4.78, 5) is 38.1. The highest BCUT2D eigenvalue weighted by Crippen LogP contribution is 2.44.